The Morgan fingerprint density at radius 2 is 2.29 bits per heavy atom. The zero-order valence-corrected chi connectivity index (χ0v) is 12.4. The number of rotatable bonds is 4. The standard InChI is InChI=1S/C17H21N3O/c1-2-12-10-15(14-7-3-4-8-16(14)20-12)17(21)19-11-13-6-5-9-18-13/h3-4,7-8,10,13,18H,2,5-6,9,11H2,1H3,(H,19,21)/t13-/m1/s1. The van der Waals surface area contributed by atoms with E-state index in [2.05, 4.69) is 22.5 Å². The van der Waals surface area contributed by atoms with Gasteiger partial charge >= 0.3 is 0 Å². The Kier molecular flexibility index (Phi) is 4.15. The number of hydrogen-bond acceptors (Lipinski definition) is 3. The summed E-state index contributed by atoms with van der Waals surface area (Å²) in [5, 5.41) is 7.37. The summed E-state index contributed by atoms with van der Waals surface area (Å²) in [5.74, 6) is -0.00278. The van der Waals surface area contributed by atoms with Crippen molar-refractivity contribution >= 4 is 16.8 Å². The summed E-state index contributed by atoms with van der Waals surface area (Å²) in [7, 11) is 0. The molecule has 3 rings (SSSR count). The van der Waals surface area contributed by atoms with Crippen molar-refractivity contribution in [1.82, 2.24) is 15.6 Å². The highest BCUT2D eigenvalue weighted by molar-refractivity contribution is 6.06. The van der Waals surface area contributed by atoms with Crippen LogP contribution in [0.3, 0.4) is 0 Å². The molecule has 1 saturated heterocycles. The molecule has 0 aliphatic carbocycles. The van der Waals surface area contributed by atoms with E-state index in [-0.39, 0.29) is 5.91 Å². The number of carbonyl (C=O) groups is 1. The molecule has 1 aromatic heterocycles. The summed E-state index contributed by atoms with van der Waals surface area (Å²) in [5.41, 5.74) is 2.58. The van der Waals surface area contributed by atoms with Crippen LogP contribution in [0.15, 0.2) is 30.3 Å². The number of nitrogens with one attached hydrogen (secondary N) is 2. The molecule has 0 saturated carbocycles. The lowest BCUT2D eigenvalue weighted by Crippen LogP contribution is -2.37. The van der Waals surface area contributed by atoms with Gasteiger partial charge in [-0.3, -0.25) is 9.78 Å². The molecule has 1 amide bonds. The van der Waals surface area contributed by atoms with Crippen LogP contribution in [0.2, 0.25) is 0 Å². The third-order valence-corrected chi connectivity index (χ3v) is 4.05. The average Bonchev–Trinajstić information content (AvgIpc) is 3.05. The molecule has 2 aromatic rings. The van der Waals surface area contributed by atoms with E-state index < -0.39 is 0 Å². The number of nitrogens with zero attached hydrogens (tertiary/aromatic N) is 1. The minimum Gasteiger partial charge on any atom is -0.350 e. The van der Waals surface area contributed by atoms with Gasteiger partial charge < -0.3 is 10.6 Å². The van der Waals surface area contributed by atoms with Crippen LogP contribution in [0.5, 0.6) is 0 Å². The quantitative estimate of drug-likeness (QED) is 0.905. The molecule has 1 aromatic carbocycles. The fourth-order valence-electron chi connectivity index (χ4n) is 2.84. The molecule has 1 fully saturated rings. The first kappa shape index (κ1) is 14.0. The number of carbonyl (C=O) groups excluding carboxylic acids is 1. The van der Waals surface area contributed by atoms with Crippen LogP contribution < -0.4 is 10.6 Å². The molecule has 0 radical (unpaired) electrons. The summed E-state index contributed by atoms with van der Waals surface area (Å²) >= 11 is 0. The second-order valence-corrected chi connectivity index (χ2v) is 5.54. The lowest BCUT2D eigenvalue weighted by atomic mass is 10.1. The predicted octanol–water partition coefficient (Wildman–Crippen LogP) is 2.28. The van der Waals surface area contributed by atoms with E-state index in [0.717, 1.165) is 41.5 Å². The number of aromatic nitrogens is 1. The van der Waals surface area contributed by atoms with Gasteiger partial charge in [-0.25, -0.2) is 0 Å². The van der Waals surface area contributed by atoms with Crippen molar-refractivity contribution in [1.29, 1.82) is 0 Å². The summed E-state index contributed by atoms with van der Waals surface area (Å²) in [6.45, 7) is 3.80. The van der Waals surface area contributed by atoms with Gasteiger partial charge in [0.05, 0.1) is 11.1 Å². The summed E-state index contributed by atoms with van der Waals surface area (Å²) in [6.07, 6.45) is 3.16. The molecule has 4 nitrogen and oxygen atoms in total. The van der Waals surface area contributed by atoms with Crippen molar-refractivity contribution in [3.05, 3.63) is 41.6 Å². The molecule has 2 N–H and O–H groups in total. The Labute approximate surface area is 125 Å². The van der Waals surface area contributed by atoms with Crippen LogP contribution in [0.25, 0.3) is 10.9 Å². The Balaban J connectivity index is 1.85. The second kappa shape index (κ2) is 6.22. The first-order chi connectivity index (χ1) is 10.3. The minimum absolute atomic E-state index is 0.00278. The molecular formula is C17H21N3O. The SMILES string of the molecule is CCc1cc(C(=O)NC[C@H]2CCCN2)c2ccccc2n1. The van der Waals surface area contributed by atoms with Crippen molar-refractivity contribution in [3.8, 4) is 0 Å². The van der Waals surface area contributed by atoms with E-state index in [1.54, 1.807) is 0 Å². The summed E-state index contributed by atoms with van der Waals surface area (Å²) in [4.78, 5) is 17.1. The summed E-state index contributed by atoms with van der Waals surface area (Å²) < 4.78 is 0. The highest BCUT2D eigenvalue weighted by Gasteiger charge is 2.17. The molecule has 110 valence electrons. The fraction of sp³-hybridized carbons (Fsp3) is 0.412. The molecule has 0 unspecified atom stereocenters. The van der Waals surface area contributed by atoms with E-state index in [0.29, 0.717) is 12.6 Å². The molecule has 1 aliphatic rings. The first-order valence-corrected chi connectivity index (χ1v) is 7.68. The largest absolute Gasteiger partial charge is 0.350 e. The van der Waals surface area contributed by atoms with Gasteiger partial charge in [-0.05, 0) is 37.9 Å². The van der Waals surface area contributed by atoms with Gasteiger partial charge in [0.25, 0.3) is 5.91 Å². The first-order valence-electron chi connectivity index (χ1n) is 7.68. The topological polar surface area (TPSA) is 54.0 Å². The molecule has 0 spiro atoms. The van der Waals surface area contributed by atoms with Crippen LogP contribution in [0, 0.1) is 0 Å². The Morgan fingerprint density at radius 3 is 3.05 bits per heavy atom. The number of hydrogen-bond donors (Lipinski definition) is 2. The lowest BCUT2D eigenvalue weighted by Gasteiger charge is -2.13. The number of amides is 1. The molecular weight excluding hydrogens is 262 g/mol. The number of benzene rings is 1. The van der Waals surface area contributed by atoms with Gasteiger partial charge in [-0.15, -0.1) is 0 Å². The van der Waals surface area contributed by atoms with Crippen molar-refractivity contribution in [2.24, 2.45) is 0 Å². The third kappa shape index (κ3) is 3.05. The molecule has 4 heteroatoms. The van der Waals surface area contributed by atoms with E-state index in [1.807, 2.05) is 30.3 Å². The van der Waals surface area contributed by atoms with Crippen LogP contribution in [-0.4, -0.2) is 30.0 Å². The van der Waals surface area contributed by atoms with Crippen LogP contribution >= 0.6 is 0 Å². The maximum atomic E-state index is 12.5. The average molecular weight is 283 g/mol. The maximum Gasteiger partial charge on any atom is 0.252 e. The normalized spacial score (nSPS) is 18.0. The number of pyridine rings is 1. The second-order valence-electron chi connectivity index (χ2n) is 5.54. The summed E-state index contributed by atoms with van der Waals surface area (Å²) in [6, 6.07) is 10.2. The van der Waals surface area contributed by atoms with E-state index >= 15 is 0 Å². The zero-order valence-electron chi connectivity index (χ0n) is 12.4. The van der Waals surface area contributed by atoms with Crippen molar-refractivity contribution in [3.63, 3.8) is 0 Å². The van der Waals surface area contributed by atoms with Crippen LogP contribution in [-0.2, 0) is 6.42 Å². The van der Waals surface area contributed by atoms with Gasteiger partial charge in [0.1, 0.15) is 0 Å². The van der Waals surface area contributed by atoms with Crippen LogP contribution in [0.4, 0.5) is 0 Å². The van der Waals surface area contributed by atoms with Crippen LogP contribution in [0.1, 0.15) is 35.8 Å². The Morgan fingerprint density at radius 1 is 1.43 bits per heavy atom. The molecule has 1 aliphatic heterocycles. The van der Waals surface area contributed by atoms with Gasteiger partial charge in [-0.1, -0.05) is 25.1 Å². The highest BCUT2D eigenvalue weighted by atomic mass is 16.1. The molecule has 0 bridgehead atoms. The van der Waals surface area contributed by atoms with Gasteiger partial charge in [0, 0.05) is 23.7 Å². The minimum atomic E-state index is -0.00278. The number of aryl methyl sites for hydroxylation is 1. The van der Waals surface area contributed by atoms with E-state index in [9.17, 15) is 4.79 Å². The smallest absolute Gasteiger partial charge is 0.252 e. The zero-order chi connectivity index (χ0) is 14.7. The number of para-hydroxylation sites is 1. The monoisotopic (exact) mass is 283 g/mol. The van der Waals surface area contributed by atoms with Gasteiger partial charge in [0.15, 0.2) is 0 Å². The Hall–Kier alpha value is -1.94. The number of fused-ring (bicyclic) bond motifs is 1. The molecule has 21 heavy (non-hydrogen) atoms. The van der Waals surface area contributed by atoms with E-state index in [4.69, 9.17) is 0 Å². The highest BCUT2D eigenvalue weighted by Crippen LogP contribution is 2.18. The molecule has 1 atom stereocenters. The molecule has 2 heterocycles. The Bertz CT molecular complexity index is 648. The fourth-order valence-corrected chi connectivity index (χ4v) is 2.84. The van der Waals surface area contributed by atoms with Gasteiger partial charge in [-0.2, -0.15) is 0 Å². The van der Waals surface area contributed by atoms with Crippen molar-refractivity contribution in [2.45, 2.75) is 32.2 Å². The van der Waals surface area contributed by atoms with Crippen molar-refractivity contribution < 1.29 is 4.79 Å². The predicted molar refractivity (Wildman–Crippen MR) is 84.5 cm³/mol. The van der Waals surface area contributed by atoms with Crippen molar-refractivity contribution in [2.75, 3.05) is 13.1 Å². The maximum absolute atomic E-state index is 12.5. The van der Waals surface area contributed by atoms with Gasteiger partial charge in [0.2, 0.25) is 0 Å². The third-order valence-electron chi connectivity index (χ3n) is 4.05. The lowest BCUT2D eigenvalue weighted by molar-refractivity contribution is 0.0952. The van der Waals surface area contributed by atoms with E-state index in [1.165, 1.54) is 6.42 Å².